The fourth-order valence-corrected chi connectivity index (χ4v) is 2.44. The third kappa shape index (κ3) is 3.14. The van der Waals surface area contributed by atoms with E-state index in [1.54, 1.807) is 23.0 Å². The van der Waals surface area contributed by atoms with E-state index in [0.29, 0.717) is 31.3 Å². The lowest BCUT2D eigenvalue weighted by Gasteiger charge is -2.23. The number of nitrogens with zero attached hydrogens (tertiary/aromatic N) is 4. The Morgan fingerprint density at radius 2 is 2.05 bits per heavy atom. The molecule has 0 bridgehead atoms. The molecule has 1 N–H and O–H groups in total. The van der Waals surface area contributed by atoms with Gasteiger partial charge in [-0.3, -0.25) is 0 Å². The maximum Gasteiger partial charge on any atom is 0.434 e. The first-order chi connectivity index (χ1) is 10.0. The van der Waals surface area contributed by atoms with Crippen molar-refractivity contribution in [2.45, 2.75) is 25.6 Å². The molecular weight excluding hydrogens is 283 g/mol. The number of rotatable bonds is 3. The van der Waals surface area contributed by atoms with E-state index < -0.39 is 11.9 Å². The van der Waals surface area contributed by atoms with Gasteiger partial charge in [-0.25, -0.2) is 15.0 Å². The lowest BCUT2D eigenvalue weighted by atomic mass is 9.99. The molecule has 5 nitrogen and oxygen atoms in total. The summed E-state index contributed by atoms with van der Waals surface area (Å²) in [6.45, 7) is 1.15. The van der Waals surface area contributed by atoms with Crippen molar-refractivity contribution in [3.05, 3.63) is 36.2 Å². The quantitative estimate of drug-likeness (QED) is 0.945. The van der Waals surface area contributed by atoms with Gasteiger partial charge >= 0.3 is 6.18 Å². The van der Waals surface area contributed by atoms with Crippen molar-refractivity contribution in [2.75, 3.05) is 11.9 Å². The van der Waals surface area contributed by atoms with E-state index in [0.717, 1.165) is 12.6 Å². The van der Waals surface area contributed by atoms with Gasteiger partial charge in [0.1, 0.15) is 5.82 Å². The van der Waals surface area contributed by atoms with Gasteiger partial charge in [-0.2, -0.15) is 13.2 Å². The summed E-state index contributed by atoms with van der Waals surface area (Å²) in [5.41, 5.74) is -0.808. The summed E-state index contributed by atoms with van der Waals surface area (Å²) in [4.78, 5) is 11.8. The van der Waals surface area contributed by atoms with E-state index in [4.69, 9.17) is 0 Å². The molecule has 1 atom stereocenters. The van der Waals surface area contributed by atoms with Crippen LogP contribution in [0.4, 0.5) is 19.1 Å². The van der Waals surface area contributed by atoms with Crippen molar-refractivity contribution in [2.24, 2.45) is 5.92 Å². The minimum atomic E-state index is -4.38. The van der Waals surface area contributed by atoms with Crippen molar-refractivity contribution in [3.63, 3.8) is 0 Å². The molecule has 1 aliphatic rings. The highest BCUT2D eigenvalue weighted by atomic mass is 19.4. The molecule has 0 fully saturated rings. The highest BCUT2D eigenvalue weighted by molar-refractivity contribution is 5.22. The highest BCUT2D eigenvalue weighted by Gasteiger charge is 2.35. The molecule has 0 saturated heterocycles. The zero-order chi connectivity index (χ0) is 14.9. The first-order valence-corrected chi connectivity index (χ1v) is 6.66. The molecule has 0 amide bonds. The van der Waals surface area contributed by atoms with Crippen LogP contribution < -0.4 is 5.32 Å². The molecule has 3 heterocycles. The summed E-state index contributed by atoms with van der Waals surface area (Å²) in [7, 11) is 0. The van der Waals surface area contributed by atoms with Crippen LogP contribution in [0.1, 0.15) is 17.9 Å². The second kappa shape index (κ2) is 5.34. The number of halogens is 3. The van der Waals surface area contributed by atoms with Gasteiger partial charge < -0.3 is 9.88 Å². The second-order valence-corrected chi connectivity index (χ2v) is 5.05. The summed E-state index contributed by atoms with van der Waals surface area (Å²) in [6, 6.07) is 1.72. The van der Waals surface area contributed by atoms with E-state index in [-0.39, 0.29) is 5.92 Å². The lowest BCUT2D eigenvalue weighted by molar-refractivity contribution is -0.141. The SMILES string of the molecule is FC(F)(F)c1cn2c(n1)CC[C@@H](CNc1ncccn1)C2. The van der Waals surface area contributed by atoms with Crippen molar-refractivity contribution in [1.82, 2.24) is 19.5 Å². The predicted molar refractivity (Wildman–Crippen MR) is 69.6 cm³/mol. The molecule has 2 aromatic rings. The van der Waals surface area contributed by atoms with Gasteiger partial charge in [-0.05, 0) is 18.4 Å². The van der Waals surface area contributed by atoms with Gasteiger partial charge in [0.2, 0.25) is 5.95 Å². The average molecular weight is 297 g/mol. The monoisotopic (exact) mass is 297 g/mol. The molecule has 8 heteroatoms. The molecule has 0 spiro atoms. The largest absolute Gasteiger partial charge is 0.434 e. The summed E-state index contributed by atoms with van der Waals surface area (Å²) in [5, 5.41) is 3.10. The molecular formula is C13H14F3N5. The number of hydrogen-bond acceptors (Lipinski definition) is 4. The van der Waals surface area contributed by atoms with E-state index >= 15 is 0 Å². The Bertz CT molecular complexity index is 608. The lowest BCUT2D eigenvalue weighted by Crippen LogP contribution is -2.26. The molecule has 2 aromatic heterocycles. The highest BCUT2D eigenvalue weighted by Crippen LogP contribution is 2.30. The molecule has 0 saturated carbocycles. The predicted octanol–water partition coefficient (Wildman–Crippen LogP) is 2.37. The standard InChI is InChI=1S/C13H14F3N5/c14-13(15,16)10-8-21-7-9(2-3-11(21)20-10)6-19-12-17-4-1-5-18-12/h1,4-5,8-9H,2-3,6-7H2,(H,17,18,19)/t9-/m0/s1. The van der Waals surface area contributed by atoms with Gasteiger partial charge in [0.05, 0.1) is 0 Å². The smallest absolute Gasteiger partial charge is 0.354 e. The zero-order valence-electron chi connectivity index (χ0n) is 11.1. The van der Waals surface area contributed by atoms with Crippen molar-refractivity contribution < 1.29 is 13.2 Å². The fraction of sp³-hybridized carbons (Fsp3) is 0.462. The van der Waals surface area contributed by atoms with Crippen LogP contribution in [0.5, 0.6) is 0 Å². The molecule has 0 aromatic carbocycles. The molecule has 1 aliphatic heterocycles. The van der Waals surface area contributed by atoms with Crippen LogP contribution >= 0.6 is 0 Å². The van der Waals surface area contributed by atoms with E-state index in [1.807, 2.05) is 0 Å². The summed E-state index contributed by atoms with van der Waals surface area (Å²) < 4.78 is 39.5. The normalized spacial score (nSPS) is 18.3. The average Bonchev–Trinajstić information content (AvgIpc) is 2.89. The third-order valence-electron chi connectivity index (χ3n) is 3.50. The van der Waals surface area contributed by atoms with Crippen molar-refractivity contribution in [1.29, 1.82) is 0 Å². The molecule has 0 unspecified atom stereocenters. The Morgan fingerprint density at radius 3 is 2.76 bits per heavy atom. The zero-order valence-corrected chi connectivity index (χ0v) is 11.1. The van der Waals surface area contributed by atoms with Crippen molar-refractivity contribution in [3.8, 4) is 0 Å². The molecule has 3 rings (SSSR count). The molecule has 0 radical (unpaired) electrons. The Labute approximate surface area is 119 Å². The van der Waals surface area contributed by atoms with Crippen LogP contribution in [0.2, 0.25) is 0 Å². The Kier molecular flexibility index (Phi) is 3.52. The first kappa shape index (κ1) is 13.8. The van der Waals surface area contributed by atoms with Gasteiger partial charge in [-0.1, -0.05) is 0 Å². The Morgan fingerprint density at radius 1 is 1.29 bits per heavy atom. The van der Waals surface area contributed by atoms with Gasteiger partial charge in [0.25, 0.3) is 0 Å². The third-order valence-corrected chi connectivity index (χ3v) is 3.50. The molecule has 112 valence electrons. The van der Waals surface area contributed by atoms with Crippen molar-refractivity contribution >= 4 is 5.95 Å². The van der Waals surface area contributed by atoms with Crippen LogP contribution in [0.3, 0.4) is 0 Å². The number of anilines is 1. The second-order valence-electron chi connectivity index (χ2n) is 5.05. The Balaban J connectivity index is 1.63. The van der Waals surface area contributed by atoms with E-state index in [9.17, 15) is 13.2 Å². The minimum Gasteiger partial charge on any atom is -0.354 e. The van der Waals surface area contributed by atoms with Gasteiger partial charge in [-0.15, -0.1) is 0 Å². The van der Waals surface area contributed by atoms with E-state index in [1.165, 1.54) is 0 Å². The molecule has 0 aliphatic carbocycles. The topological polar surface area (TPSA) is 55.6 Å². The minimum absolute atomic E-state index is 0.233. The number of alkyl halides is 3. The summed E-state index contributed by atoms with van der Waals surface area (Å²) >= 11 is 0. The number of nitrogens with one attached hydrogen (secondary N) is 1. The van der Waals surface area contributed by atoms with Gasteiger partial charge in [0, 0.05) is 38.1 Å². The van der Waals surface area contributed by atoms with Crippen LogP contribution in [0.25, 0.3) is 0 Å². The Hall–Kier alpha value is -2.12. The maximum atomic E-state index is 12.6. The summed E-state index contributed by atoms with van der Waals surface area (Å²) in [6.07, 6.45) is 1.35. The summed E-state index contributed by atoms with van der Waals surface area (Å²) in [5.74, 6) is 1.27. The number of aromatic nitrogens is 4. The van der Waals surface area contributed by atoms with Crippen LogP contribution in [0, 0.1) is 5.92 Å². The van der Waals surface area contributed by atoms with Crippen LogP contribution in [-0.4, -0.2) is 26.1 Å². The number of hydrogen-bond donors (Lipinski definition) is 1. The maximum absolute atomic E-state index is 12.6. The van der Waals surface area contributed by atoms with E-state index in [2.05, 4.69) is 20.3 Å². The molecule has 21 heavy (non-hydrogen) atoms. The van der Waals surface area contributed by atoms with Gasteiger partial charge in [0.15, 0.2) is 5.69 Å². The fourth-order valence-electron chi connectivity index (χ4n) is 2.44. The van der Waals surface area contributed by atoms with Crippen LogP contribution in [-0.2, 0) is 19.1 Å². The first-order valence-electron chi connectivity index (χ1n) is 6.66. The van der Waals surface area contributed by atoms with Crippen LogP contribution in [0.15, 0.2) is 24.7 Å². The number of imidazole rings is 1. The number of aryl methyl sites for hydroxylation is 1. The number of fused-ring (bicyclic) bond motifs is 1.